The lowest BCUT2D eigenvalue weighted by atomic mass is 10.1. The van der Waals surface area contributed by atoms with E-state index in [2.05, 4.69) is 33.4 Å². The molecule has 0 amide bonds. The number of rotatable bonds is 7. The maximum atomic E-state index is 13.7. The van der Waals surface area contributed by atoms with Gasteiger partial charge in [-0.15, -0.1) is 0 Å². The van der Waals surface area contributed by atoms with Crippen molar-refractivity contribution in [2.75, 3.05) is 6.61 Å². The highest BCUT2D eigenvalue weighted by Crippen LogP contribution is 2.15. The second-order valence-electron chi connectivity index (χ2n) is 4.75. The van der Waals surface area contributed by atoms with Gasteiger partial charge in [0.2, 0.25) is 0 Å². The molecule has 2 aromatic carbocycles. The van der Waals surface area contributed by atoms with Gasteiger partial charge in [0.05, 0.1) is 6.61 Å². The number of nitrogens with one attached hydrogen (secondary N) is 1. The van der Waals surface area contributed by atoms with Gasteiger partial charge in [0.25, 0.3) is 0 Å². The Morgan fingerprint density at radius 1 is 1.05 bits per heavy atom. The van der Waals surface area contributed by atoms with E-state index in [0.717, 1.165) is 4.47 Å². The van der Waals surface area contributed by atoms with Gasteiger partial charge in [0.1, 0.15) is 5.82 Å². The summed E-state index contributed by atoms with van der Waals surface area (Å²) < 4.78 is 20.0. The monoisotopic (exact) mass is 351 g/mol. The molecule has 0 aliphatic rings. The minimum atomic E-state index is -0.195. The van der Waals surface area contributed by atoms with Crippen LogP contribution in [0, 0.1) is 5.82 Å². The summed E-state index contributed by atoms with van der Waals surface area (Å²) in [6, 6.07) is 13.3. The van der Waals surface area contributed by atoms with E-state index >= 15 is 0 Å². The molecule has 0 heterocycles. The van der Waals surface area contributed by atoms with Crippen LogP contribution < -0.4 is 5.32 Å². The van der Waals surface area contributed by atoms with Crippen molar-refractivity contribution in [1.82, 2.24) is 5.32 Å². The molecule has 0 saturated carbocycles. The summed E-state index contributed by atoms with van der Waals surface area (Å²) >= 11 is 3.26. The molecule has 0 aliphatic carbocycles. The van der Waals surface area contributed by atoms with Crippen molar-refractivity contribution >= 4 is 15.9 Å². The van der Waals surface area contributed by atoms with Gasteiger partial charge in [-0.2, -0.15) is 0 Å². The zero-order valence-electron chi connectivity index (χ0n) is 12.0. The van der Waals surface area contributed by atoms with Crippen LogP contribution in [0.25, 0.3) is 0 Å². The molecule has 4 heteroatoms. The largest absolute Gasteiger partial charge is 0.377 e. The molecule has 0 aliphatic heterocycles. The molecule has 2 rings (SSSR count). The first-order valence-corrected chi connectivity index (χ1v) is 7.79. The van der Waals surface area contributed by atoms with Crippen LogP contribution in [0.5, 0.6) is 0 Å². The van der Waals surface area contributed by atoms with E-state index < -0.39 is 0 Å². The lowest BCUT2D eigenvalue weighted by Gasteiger charge is -2.11. The molecule has 0 bridgehead atoms. The van der Waals surface area contributed by atoms with Crippen LogP contribution >= 0.6 is 15.9 Å². The molecular formula is C17H19BrFNO. The molecule has 112 valence electrons. The van der Waals surface area contributed by atoms with E-state index in [1.54, 1.807) is 6.07 Å². The Bertz CT molecular complexity index is 589. The number of halogens is 2. The van der Waals surface area contributed by atoms with Crippen LogP contribution in [0.15, 0.2) is 46.9 Å². The minimum absolute atomic E-state index is 0.195. The summed E-state index contributed by atoms with van der Waals surface area (Å²) in [5.41, 5.74) is 3.02. The first-order chi connectivity index (χ1) is 10.2. The number of hydrogen-bond donors (Lipinski definition) is 1. The van der Waals surface area contributed by atoms with Crippen LogP contribution in [0.3, 0.4) is 0 Å². The third-order valence-electron chi connectivity index (χ3n) is 3.23. The SMILES string of the molecule is CCOCc1ccccc1CNCc1ccc(Br)cc1F. The summed E-state index contributed by atoms with van der Waals surface area (Å²) in [7, 11) is 0. The van der Waals surface area contributed by atoms with Crippen molar-refractivity contribution in [3.05, 3.63) is 69.4 Å². The Kier molecular flexibility index (Phi) is 6.36. The highest BCUT2D eigenvalue weighted by Gasteiger charge is 2.04. The highest BCUT2D eigenvalue weighted by molar-refractivity contribution is 9.10. The zero-order valence-corrected chi connectivity index (χ0v) is 13.6. The van der Waals surface area contributed by atoms with Gasteiger partial charge in [-0.05, 0) is 30.2 Å². The van der Waals surface area contributed by atoms with Gasteiger partial charge in [-0.25, -0.2) is 4.39 Å². The van der Waals surface area contributed by atoms with Gasteiger partial charge >= 0.3 is 0 Å². The lowest BCUT2D eigenvalue weighted by molar-refractivity contribution is 0.133. The van der Waals surface area contributed by atoms with Crippen LogP contribution in [-0.2, 0) is 24.4 Å². The van der Waals surface area contributed by atoms with Gasteiger partial charge in [-0.3, -0.25) is 0 Å². The molecule has 0 unspecified atom stereocenters. The smallest absolute Gasteiger partial charge is 0.128 e. The normalized spacial score (nSPS) is 10.8. The van der Waals surface area contributed by atoms with E-state index in [0.29, 0.717) is 31.9 Å². The van der Waals surface area contributed by atoms with E-state index in [9.17, 15) is 4.39 Å². The van der Waals surface area contributed by atoms with Crippen molar-refractivity contribution in [3.8, 4) is 0 Å². The molecular weight excluding hydrogens is 333 g/mol. The van der Waals surface area contributed by atoms with Crippen LogP contribution in [-0.4, -0.2) is 6.61 Å². The fourth-order valence-electron chi connectivity index (χ4n) is 2.08. The van der Waals surface area contributed by atoms with Crippen LogP contribution in [0.4, 0.5) is 4.39 Å². The second kappa shape index (κ2) is 8.27. The maximum Gasteiger partial charge on any atom is 0.128 e. The number of ether oxygens (including phenoxy) is 1. The van der Waals surface area contributed by atoms with Crippen molar-refractivity contribution in [2.45, 2.75) is 26.6 Å². The molecule has 0 fully saturated rings. The molecule has 0 aromatic heterocycles. The summed E-state index contributed by atoms with van der Waals surface area (Å²) in [6.45, 7) is 4.49. The minimum Gasteiger partial charge on any atom is -0.377 e. The molecule has 0 saturated heterocycles. The molecule has 0 radical (unpaired) electrons. The molecule has 0 atom stereocenters. The molecule has 21 heavy (non-hydrogen) atoms. The first-order valence-electron chi connectivity index (χ1n) is 7.00. The van der Waals surface area contributed by atoms with Crippen molar-refractivity contribution in [3.63, 3.8) is 0 Å². The summed E-state index contributed by atoms with van der Waals surface area (Å²) in [4.78, 5) is 0. The predicted octanol–water partition coefficient (Wildman–Crippen LogP) is 4.41. The Labute approximate surface area is 133 Å². The average molecular weight is 352 g/mol. The zero-order chi connectivity index (χ0) is 15.1. The predicted molar refractivity (Wildman–Crippen MR) is 86.4 cm³/mol. The molecule has 2 aromatic rings. The van der Waals surface area contributed by atoms with Gasteiger partial charge in [0, 0.05) is 29.7 Å². The number of hydrogen-bond acceptors (Lipinski definition) is 2. The Balaban J connectivity index is 1.94. The molecule has 1 N–H and O–H groups in total. The average Bonchev–Trinajstić information content (AvgIpc) is 2.48. The Morgan fingerprint density at radius 3 is 2.48 bits per heavy atom. The van der Waals surface area contributed by atoms with E-state index in [1.165, 1.54) is 17.2 Å². The summed E-state index contributed by atoms with van der Waals surface area (Å²) in [6.07, 6.45) is 0. The highest BCUT2D eigenvalue weighted by atomic mass is 79.9. The van der Waals surface area contributed by atoms with Crippen LogP contribution in [0.1, 0.15) is 23.6 Å². The van der Waals surface area contributed by atoms with Gasteiger partial charge in [-0.1, -0.05) is 46.3 Å². The fraction of sp³-hybridized carbons (Fsp3) is 0.294. The van der Waals surface area contributed by atoms with E-state index in [-0.39, 0.29) is 5.82 Å². The molecule has 2 nitrogen and oxygen atoms in total. The Hall–Kier alpha value is -1.23. The van der Waals surface area contributed by atoms with Crippen molar-refractivity contribution < 1.29 is 9.13 Å². The van der Waals surface area contributed by atoms with E-state index in [4.69, 9.17) is 4.74 Å². The molecule has 0 spiro atoms. The summed E-state index contributed by atoms with van der Waals surface area (Å²) in [5.74, 6) is -0.195. The first kappa shape index (κ1) is 16.1. The number of benzene rings is 2. The van der Waals surface area contributed by atoms with E-state index in [1.807, 2.05) is 25.1 Å². The quantitative estimate of drug-likeness (QED) is 0.797. The van der Waals surface area contributed by atoms with Crippen molar-refractivity contribution in [1.29, 1.82) is 0 Å². The second-order valence-corrected chi connectivity index (χ2v) is 5.66. The van der Waals surface area contributed by atoms with Crippen LogP contribution in [0.2, 0.25) is 0 Å². The topological polar surface area (TPSA) is 21.3 Å². The van der Waals surface area contributed by atoms with Gasteiger partial charge < -0.3 is 10.1 Å². The van der Waals surface area contributed by atoms with Crippen molar-refractivity contribution in [2.24, 2.45) is 0 Å². The third-order valence-corrected chi connectivity index (χ3v) is 3.72. The standard InChI is InChI=1S/C17H19BrFNO/c1-2-21-12-15-6-4-3-5-13(15)10-20-11-14-7-8-16(18)9-17(14)19/h3-9,20H,2,10-12H2,1H3. The third kappa shape index (κ3) is 4.92. The summed E-state index contributed by atoms with van der Waals surface area (Å²) in [5, 5.41) is 3.28. The lowest BCUT2D eigenvalue weighted by Crippen LogP contribution is -2.15. The van der Waals surface area contributed by atoms with Gasteiger partial charge in [0.15, 0.2) is 0 Å². The Morgan fingerprint density at radius 2 is 1.76 bits per heavy atom. The fourth-order valence-corrected chi connectivity index (χ4v) is 2.41. The maximum absolute atomic E-state index is 13.7.